The molecule has 1 aliphatic carbocycles. The molecule has 1 unspecified atom stereocenters. The number of carboxylic acid groups (broad SMARTS) is 1. The van der Waals surface area contributed by atoms with Gasteiger partial charge in [-0.05, 0) is 19.3 Å². The molecule has 0 aromatic carbocycles. The highest BCUT2D eigenvalue weighted by atomic mass is 19.1. The Morgan fingerprint density at radius 3 is 2.65 bits per heavy atom. The van der Waals surface area contributed by atoms with Crippen LogP contribution in [0.25, 0.3) is 0 Å². The first-order chi connectivity index (χ1) is 7.91. The molecule has 1 saturated carbocycles. The maximum Gasteiger partial charge on any atom is 0.317 e. The quantitative estimate of drug-likeness (QED) is 0.784. The molecular formula is C11H19FN2O3. The van der Waals surface area contributed by atoms with Crippen molar-refractivity contribution in [2.45, 2.75) is 38.4 Å². The van der Waals surface area contributed by atoms with Crippen LogP contribution in [0.1, 0.15) is 26.2 Å². The summed E-state index contributed by atoms with van der Waals surface area (Å²) in [6, 6.07) is -0.835. The summed E-state index contributed by atoms with van der Waals surface area (Å²) in [5.41, 5.74) is 0. The van der Waals surface area contributed by atoms with Gasteiger partial charge in [0.25, 0.3) is 0 Å². The standard InChI is InChI=1S/C11H19FN2O3/c1-7(10(15)16)6-14(2)11(17)13-9-5-3-4-8(9)12/h7-9H,3-6H2,1-2H3,(H,13,17)(H,15,16)/t7?,8-,9+/m0/s1. The van der Waals surface area contributed by atoms with Crippen LogP contribution in [0.15, 0.2) is 0 Å². The topological polar surface area (TPSA) is 69.6 Å². The molecule has 0 aromatic rings. The number of carboxylic acids is 1. The molecule has 0 aromatic heterocycles. The van der Waals surface area contributed by atoms with E-state index in [0.29, 0.717) is 12.8 Å². The average molecular weight is 246 g/mol. The maximum atomic E-state index is 13.3. The Bertz CT molecular complexity index is 298. The summed E-state index contributed by atoms with van der Waals surface area (Å²) < 4.78 is 13.3. The number of nitrogens with one attached hydrogen (secondary N) is 1. The lowest BCUT2D eigenvalue weighted by Crippen LogP contribution is -2.46. The van der Waals surface area contributed by atoms with Crippen molar-refractivity contribution in [3.63, 3.8) is 0 Å². The van der Waals surface area contributed by atoms with E-state index in [-0.39, 0.29) is 6.54 Å². The summed E-state index contributed by atoms with van der Waals surface area (Å²) in [5.74, 6) is -1.58. The fourth-order valence-corrected chi connectivity index (χ4v) is 1.92. The number of aliphatic carboxylic acids is 1. The van der Waals surface area contributed by atoms with Crippen molar-refractivity contribution < 1.29 is 19.1 Å². The Morgan fingerprint density at radius 1 is 1.53 bits per heavy atom. The largest absolute Gasteiger partial charge is 0.481 e. The van der Waals surface area contributed by atoms with Gasteiger partial charge in [-0.2, -0.15) is 0 Å². The number of amides is 2. The van der Waals surface area contributed by atoms with Crippen molar-refractivity contribution in [1.82, 2.24) is 10.2 Å². The van der Waals surface area contributed by atoms with Crippen LogP contribution in [0.5, 0.6) is 0 Å². The van der Waals surface area contributed by atoms with Crippen LogP contribution >= 0.6 is 0 Å². The van der Waals surface area contributed by atoms with E-state index in [4.69, 9.17) is 5.11 Å². The zero-order valence-corrected chi connectivity index (χ0v) is 10.1. The van der Waals surface area contributed by atoms with Crippen LogP contribution in [0.4, 0.5) is 9.18 Å². The maximum absolute atomic E-state index is 13.3. The van der Waals surface area contributed by atoms with Gasteiger partial charge < -0.3 is 15.3 Å². The molecule has 1 aliphatic rings. The minimum absolute atomic E-state index is 0.116. The molecule has 2 N–H and O–H groups in total. The van der Waals surface area contributed by atoms with Crippen LogP contribution in [0.2, 0.25) is 0 Å². The zero-order valence-electron chi connectivity index (χ0n) is 10.1. The molecular weight excluding hydrogens is 227 g/mol. The molecule has 98 valence electrons. The SMILES string of the molecule is CC(CN(C)C(=O)N[C@@H]1CCC[C@@H]1F)C(=O)O. The summed E-state index contributed by atoms with van der Waals surface area (Å²) in [5, 5.41) is 11.3. The highest BCUT2D eigenvalue weighted by molar-refractivity contribution is 5.76. The Hall–Kier alpha value is -1.33. The number of hydrogen-bond acceptors (Lipinski definition) is 2. The second-order valence-corrected chi connectivity index (χ2v) is 4.62. The second kappa shape index (κ2) is 5.84. The van der Waals surface area contributed by atoms with Crippen molar-refractivity contribution in [2.75, 3.05) is 13.6 Å². The van der Waals surface area contributed by atoms with Crippen molar-refractivity contribution in [3.8, 4) is 0 Å². The van der Waals surface area contributed by atoms with Gasteiger partial charge in [0.2, 0.25) is 0 Å². The molecule has 2 amide bonds. The molecule has 17 heavy (non-hydrogen) atoms. The van der Waals surface area contributed by atoms with Crippen LogP contribution in [0.3, 0.4) is 0 Å². The van der Waals surface area contributed by atoms with Crippen molar-refractivity contribution in [2.24, 2.45) is 5.92 Å². The van der Waals surface area contributed by atoms with Crippen LogP contribution in [-0.2, 0) is 4.79 Å². The number of carbonyl (C=O) groups is 2. The van der Waals surface area contributed by atoms with Crippen molar-refractivity contribution in [1.29, 1.82) is 0 Å². The van der Waals surface area contributed by atoms with Gasteiger partial charge in [-0.1, -0.05) is 6.92 Å². The molecule has 0 spiro atoms. The van der Waals surface area contributed by atoms with E-state index in [1.54, 1.807) is 0 Å². The third kappa shape index (κ3) is 3.87. The molecule has 5 nitrogen and oxygen atoms in total. The Morgan fingerprint density at radius 2 is 2.18 bits per heavy atom. The Labute approximate surface area is 100.0 Å². The molecule has 0 radical (unpaired) electrons. The van der Waals surface area contributed by atoms with E-state index in [1.165, 1.54) is 18.9 Å². The molecule has 0 heterocycles. The van der Waals surface area contributed by atoms with E-state index in [0.717, 1.165) is 6.42 Å². The molecule has 6 heteroatoms. The zero-order chi connectivity index (χ0) is 13.0. The van der Waals surface area contributed by atoms with Gasteiger partial charge >= 0.3 is 12.0 Å². The number of carbonyl (C=O) groups excluding carboxylic acids is 1. The van der Waals surface area contributed by atoms with E-state index in [9.17, 15) is 14.0 Å². The fraction of sp³-hybridized carbons (Fsp3) is 0.818. The third-order valence-corrected chi connectivity index (χ3v) is 3.06. The summed E-state index contributed by atoms with van der Waals surface area (Å²) >= 11 is 0. The summed E-state index contributed by atoms with van der Waals surface area (Å²) in [6.07, 6.45) is 0.931. The monoisotopic (exact) mass is 246 g/mol. The Kier molecular flexibility index (Phi) is 4.72. The van der Waals surface area contributed by atoms with Gasteiger partial charge in [-0.3, -0.25) is 4.79 Å². The third-order valence-electron chi connectivity index (χ3n) is 3.06. The first-order valence-electron chi connectivity index (χ1n) is 5.80. The molecule has 0 saturated heterocycles. The van der Waals surface area contributed by atoms with Gasteiger partial charge in [0.15, 0.2) is 0 Å². The smallest absolute Gasteiger partial charge is 0.317 e. The number of urea groups is 1. The summed E-state index contributed by atoms with van der Waals surface area (Å²) in [4.78, 5) is 23.6. The molecule has 0 bridgehead atoms. The van der Waals surface area contributed by atoms with E-state index in [2.05, 4.69) is 5.32 Å². The number of halogens is 1. The normalized spacial score (nSPS) is 25.4. The molecule has 1 rings (SSSR count). The predicted octanol–water partition coefficient (Wildman–Crippen LogP) is 1.24. The van der Waals surface area contributed by atoms with Gasteiger partial charge in [0, 0.05) is 13.6 Å². The highest BCUT2D eigenvalue weighted by Gasteiger charge is 2.29. The van der Waals surface area contributed by atoms with Gasteiger partial charge in [0.1, 0.15) is 6.17 Å². The Balaban J connectivity index is 2.39. The first kappa shape index (κ1) is 13.7. The average Bonchev–Trinajstić information content (AvgIpc) is 2.64. The van der Waals surface area contributed by atoms with Gasteiger partial charge in [-0.25, -0.2) is 9.18 Å². The van der Waals surface area contributed by atoms with Crippen LogP contribution in [-0.4, -0.2) is 47.8 Å². The van der Waals surface area contributed by atoms with Gasteiger partial charge in [-0.15, -0.1) is 0 Å². The number of rotatable bonds is 4. The number of alkyl halides is 1. The number of hydrogen-bond donors (Lipinski definition) is 2. The minimum atomic E-state index is -0.982. The predicted molar refractivity (Wildman–Crippen MR) is 60.5 cm³/mol. The van der Waals surface area contributed by atoms with Crippen molar-refractivity contribution >= 4 is 12.0 Å². The van der Waals surface area contributed by atoms with E-state index < -0.39 is 30.1 Å². The van der Waals surface area contributed by atoms with Crippen molar-refractivity contribution in [3.05, 3.63) is 0 Å². The lowest BCUT2D eigenvalue weighted by atomic mass is 10.2. The highest BCUT2D eigenvalue weighted by Crippen LogP contribution is 2.21. The lowest BCUT2D eigenvalue weighted by molar-refractivity contribution is -0.141. The molecule has 0 aliphatic heterocycles. The lowest BCUT2D eigenvalue weighted by Gasteiger charge is -2.23. The summed E-state index contributed by atoms with van der Waals surface area (Å²) in [7, 11) is 1.51. The second-order valence-electron chi connectivity index (χ2n) is 4.62. The number of nitrogens with zero attached hydrogens (tertiary/aromatic N) is 1. The molecule has 1 fully saturated rings. The fourth-order valence-electron chi connectivity index (χ4n) is 1.92. The summed E-state index contributed by atoms with van der Waals surface area (Å²) in [6.45, 7) is 1.64. The van der Waals surface area contributed by atoms with E-state index >= 15 is 0 Å². The van der Waals surface area contributed by atoms with Gasteiger partial charge in [0.05, 0.1) is 12.0 Å². The minimum Gasteiger partial charge on any atom is -0.481 e. The molecule has 3 atom stereocenters. The van der Waals surface area contributed by atoms with Crippen LogP contribution in [0, 0.1) is 5.92 Å². The van der Waals surface area contributed by atoms with E-state index in [1.807, 2.05) is 0 Å². The van der Waals surface area contributed by atoms with Crippen LogP contribution < -0.4 is 5.32 Å². The first-order valence-corrected chi connectivity index (χ1v) is 5.80.